The maximum absolute atomic E-state index is 5.47. The number of methoxy groups -OCH3 is 1. The van der Waals surface area contributed by atoms with E-state index in [-0.39, 0.29) is 6.79 Å². The topological polar surface area (TPSA) is 31.4 Å². The van der Waals surface area contributed by atoms with E-state index < -0.39 is 0 Å². The van der Waals surface area contributed by atoms with Crippen molar-refractivity contribution in [3.05, 3.63) is 60.2 Å². The Kier molecular flexibility index (Phi) is 3.84. The van der Waals surface area contributed by atoms with Crippen molar-refractivity contribution in [2.45, 2.75) is 6.92 Å². The summed E-state index contributed by atoms with van der Waals surface area (Å²) in [5, 5.41) is 1.09. The number of pyridine rings is 1. The molecule has 21 heavy (non-hydrogen) atoms. The van der Waals surface area contributed by atoms with Crippen molar-refractivity contribution >= 4 is 10.9 Å². The van der Waals surface area contributed by atoms with Gasteiger partial charge in [0.05, 0.1) is 11.2 Å². The molecule has 0 aliphatic rings. The molecule has 3 rings (SSSR count). The van der Waals surface area contributed by atoms with Crippen LogP contribution in [-0.4, -0.2) is 18.9 Å². The van der Waals surface area contributed by atoms with Crippen LogP contribution in [0.1, 0.15) is 5.56 Å². The van der Waals surface area contributed by atoms with Crippen molar-refractivity contribution in [1.82, 2.24) is 4.98 Å². The van der Waals surface area contributed by atoms with Crippen LogP contribution in [0.15, 0.2) is 54.6 Å². The first-order chi connectivity index (χ1) is 10.3. The summed E-state index contributed by atoms with van der Waals surface area (Å²) in [6.45, 7) is 2.34. The summed E-state index contributed by atoms with van der Waals surface area (Å²) >= 11 is 0. The molecule has 0 fully saturated rings. The van der Waals surface area contributed by atoms with E-state index in [2.05, 4.69) is 31.2 Å². The number of rotatable bonds is 4. The molecule has 0 saturated carbocycles. The second-order valence-electron chi connectivity index (χ2n) is 4.92. The van der Waals surface area contributed by atoms with E-state index in [0.29, 0.717) is 0 Å². The minimum atomic E-state index is 0.239. The Hall–Kier alpha value is -2.39. The predicted molar refractivity (Wildman–Crippen MR) is 84.4 cm³/mol. The van der Waals surface area contributed by atoms with Gasteiger partial charge in [-0.1, -0.05) is 30.3 Å². The lowest BCUT2D eigenvalue weighted by Gasteiger charge is -2.08. The molecule has 1 heterocycles. The second kappa shape index (κ2) is 5.94. The van der Waals surface area contributed by atoms with E-state index in [1.807, 2.05) is 30.3 Å². The first-order valence-corrected chi connectivity index (χ1v) is 6.86. The standard InChI is InChI=1S/C18H17NO2/c1-13-5-3-4-6-16(13)17-10-8-14-7-9-15(21-12-20-2)11-18(14)19-17/h3-11H,12H2,1-2H3. The highest BCUT2D eigenvalue weighted by molar-refractivity contribution is 5.83. The zero-order chi connectivity index (χ0) is 14.7. The zero-order valence-electron chi connectivity index (χ0n) is 12.2. The monoisotopic (exact) mass is 279 g/mol. The van der Waals surface area contributed by atoms with Gasteiger partial charge in [-0.2, -0.15) is 0 Å². The largest absolute Gasteiger partial charge is 0.467 e. The number of hydrogen-bond donors (Lipinski definition) is 0. The van der Waals surface area contributed by atoms with Crippen LogP contribution in [0.4, 0.5) is 0 Å². The highest BCUT2D eigenvalue weighted by Crippen LogP contribution is 2.25. The van der Waals surface area contributed by atoms with Gasteiger partial charge >= 0.3 is 0 Å². The molecule has 106 valence electrons. The van der Waals surface area contributed by atoms with Gasteiger partial charge in [0.25, 0.3) is 0 Å². The summed E-state index contributed by atoms with van der Waals surface area (Å²) in [5.41, 5.74) is 4.27. The molecule has 3 aromatic rings. The maximum atomic E-state index is 5.47. The number of benzene rings is 2. The first kappa shape index (κ1) is 13.6. The molecule has 0 amide bonds. The third-order valence-corrected chi connectivity index (χ3v) is 3.43. The van der Waals surface area contributed by atoms with Crippen LogP contribution in [0.5, 0.6) is 5.75 Å². The van der Waals surface area contributed by atoms with Gasteiger partial charge < -0.3 is 9.47 Å². The molecule has 0 radical (unpaired) electrons. The fraction of sp³-hybridized carbons (Fsp3) is 0.167. The lowest BCUT2D eigenvalue weighted by Crippen LogP contribution is -1.98. The number of hydrogen-bond acceptors (Lipinski definition) is 3. The Morgan fingerprint density at radius 2 is 1.81 bits per heavy atom. The minimum Gasteiger partial charge on any atom is -0.467 e. The van der Waals surface area contributed by atoms with Gasteiger partial charge in [0.2, 0.25) is 0 Å². The first-order valence-electron chi connectivity index (χ1n) is 6.86. The molecule has 0 bridgehead atoms. The van der Waals surface area contributed by atoms with Crippen LogP contribution in [0.2, 0.25) is 0 Å². The number of ether oxygens (including phenoxy) is 2. The highest BCUT2D eigenvalue weighted by atomic mass is 16.7. The molecule has 0 N–H and O–H groups in total. The van der Waals surface area contributed by atoms with Crippen molar-refractivity contribution < 1.29 is 9.47 Å². The van der Waals surface area contributed by atoms with Crippen molar-refractivity contribution in [2.75, 3.05) is 13.9 Å². The summed E-state index contributed by atoms with van der Waals surface area (Å²) < 4.78 is 10.4. The van der Waals surface area contributed by atoms with E-state index >= 15 is 0 Å². The highest BCUT2D eigenvalue weighted by Gasteiger charge is 2.05. The number of nitrogens with zero attached hydrogens (tertiary/aromatic N) is 1. The normalized spacial score (nSPS) is 10.8. The van der Waals surface area contributed by atoms with E-state index in [9.17, 15) is 0 Å². The molecule has 0 aliphatic heterocycles. The average Bonchev–Trinajstić information content (AvgIpc) is 2.52. The Labute approximate surface area is 124 Å². The quantitative estimate of drug-likeness (QED) is 0.671. The second-order valence-corrected chi connectivity index (χ2v) is 4.92. The fourth-order valence-electron chi connectivity index (χ4n) is 2.32. The molecule has 0 atom stereocenters. The van der Waals surface area contributed by atoms with Gasteiger partial charge in [0.1, 0.15) is 5.75 Å². The molecular formula is C18H17NO2. The van der Waals surface area contributed by atoms with Crippen molar-refractivity contribution in [2.24, 2.45) is 0 Å². The van der Waals surface area contributed by atoms with E-state index in [4.69, 9.17) is 14.5 Å². The van der Waals surface area contributed by atoms with E-state index in [1.165, 1.54) is 5.56 Å². The predicted octanol–water partition coefficient (Wildman–Crippen LogP) is 4.19. The van der Waals surface area contributed by atoms with Crippen molar-refractivity contribution in [1.29, 1.82) is 0 Å². The molecule has 1 aromatic heterocycles. The van der Waals surface area contributed by atoms with Crippen LogP contribution in [0, 0.1) is 6.92 Å². The zero-order valence-corrected chi connectivity index (χ0v) is 12.2. The summed E-state index contributed by atoms with van der Waals surface area (Å²) in [4.78, 5) is 4.75. The SMILES string of the molecule is COCOc1ccc2ccc(-c3ccccc3C)nc2c1. The molecule has 2 aromatic carbocycles. The Morgan fingerprint density at radius 1 is 1.00 bits per heavy atom. The summed E-state index contributed by atoms with van der Waals surface area (Å²) in [7, 11) is 1.61. The molecular weight excluding hydrogens is 262 g/mol. The van der Waals surface area contributed by atoms with Crippen LogP contribution in [0.3, 0.4) is 0 Å². The number of fused-ring (bicyclic) bond motifs is 1. The molecule has 0 spiro atoms. The van der Waals surface area contributed by atoms with Gasteiger partial charge in [-0.15, -0.1) is 0 Å². The summed E-state index contributed by atoms with van der Waals surface area (Å²) in [6, 6.07) is 18.3. The number of aromatic nitrogens is 1. The smallest absolute Gasteiger partial charge is 0.188 e. The van der Waals surface area contributed by atoms with Crippen LogP contribution < -0.4 is 4.74 Å². The Balaban J connectivity index is 2.04. The molecule has 0 saturated heterocycles. The van der Waals surface area contributed by atoms with Crippen LogP contribution >= 0.6 is 0 Å². The lowest BCUT2D eigenvalue weighted by atomic mass is 10.0. The van der Waals surface area contributed by atoms with Crippen molar-refractivity contribution in [3.63, 3.8) is 0 Å². The minimum absolute atomic E-state index is 0.239. The summed E-state index contributed by atoms with van der Waals surface area (Å²) in [6.07, 6.45) is 0. The Bertz CT molecular complexity index is 768. The van der Waals surface area contributed by atoms with Gasteiger partial charge in [0.15, 0.2) is 6.79 Å². The average molecular weight is 279 g/mol. The van der Waals surface area contributed by atoms with Gasteiger partial charge in [-0.05, 0) is 30.7 Å². The fourth-order valence-corrected chi connectivity index (χ4v) is 2.32. The molecule has 3 heteroatoms. The van der Waals surface area contributed by atoms with Gasteiger partial charge in [0, 0.05) is 24.1 Å². The van der Waals surface area contributed by atoms with Crippen LogP contribution in [0.25, 0.3) is 22.2 Å². The summed E-state index contributed by atoms with van der Waals surface area (Å²) in [5.74, 6) is 0.763. The van der Waals surface area contributed by atoms with E-state index in [0.717, 1.165) is 27.9 Å². The van der Waals surface area contributed by atoms with Gasteiger partial charge in [-0.25, -0.2) is 4.98 Å². The van der Waals surface area contributed by atoms with E-state index in [1.54, 1.807) is 7.11 Å². The molecule has 0 aliphatic carbocycles. The third-order valence-electron chi connectivity index (χ3n) is 3.43. The van der Waals surface area contributed by atoms with Crippen LogP contribution in [-0.2, 0) is 4.74 Å². The lowest BCUT2D eigenvalue weighted by molar-refractivity contribution is 0.0512. The third kappa shape index (κ3) is 2.88. The van der Waals surface area contributed by atoms with Gasteiger partial charge in [-0.3, -0.25) is 0 Å². The molecule has 0 unspecified atom stereocenters. The maximum Gasteiger partial charge on any atom is 0.188 e. The number of aryl methyl sites for hydroxylation is 1. The Morgan fingerprint density at radius 3 is 2.62 bits per heavy atom. The van der Waals surface area contributed by atoms with Crippen molar-refractivity contribution in [3.8, 4) is 17.0 Å². The molecule has 3 nitrogen and oxygen atoms in total.